The van der Waals surface area contributed by atoms with Crippen LogP contribution in [0.15, 0.2) is 32.5 Å². The van der Waals surface area contributed by atoms with Gasteiger partial charge >= 0.3 is 0 Å². The second kappa shape index (κ2) is 3.85. The number of hydrogen-bond donors (Lipinski definition) is 1. The van der Waals surface area contributed by atoms with Crippen molar-refractivity contribution in [2.45, 2.75) is 6.92 Å². The summed E-state index contributed by atoms with van der Waals surface area (Å²) in [4.78, 5) is 5.52. The number of fused-ring (bicyclic) bond motifs is 1. The Balaban J connectivity index is 2.27. The summed E-state index contributed by atoms with van der Waals surface area (Å²) in [7, 11) is 0. The summed E-state index contributed by atoms with van der Waals surface area (Å²) in [5, 5.41) is 2.03. The monoisotopic (exact) mass is 308 g/mol. The van der Waals surface area contributed by atoms with E-state index < -0.39 is 0 Å². The lowest BCUT2D eigenvalue weighted by Crippen LogP contribution is -1.84. The first kappa shape index (κ1) is 10.8. The van der Waals surface area contributed by atoms with Crippen LogP contribution in [0, 0.1) is 6.92 Å². The van der Waals surface area contributed by atoms with Crippen LogP contribution < -0.4 is 5.73 Å². The molecule has 3 nitrogen and oxygen atoms in total. The third-order valence-electron chi connectivity index (χ3n) is 2.54. The number of nitrogen functional groups attached to an aromatic ring is 1. The maximum Gasteiger partial charge on any atom is 0.237 e. The fourth-order valence-electron chi connectivity index (χ4n) is 1.71. The molecule has 17 heavy (non-hydrogen) atoms. The highest BCUT2D eigenvalue weighted by molar-refractivity contribution is 9.10. The van der Waals surface area contributed by atoms with Gasteiger partial charge in [0.1, 0.15) is 5.52 Å². The Kier molecular flexibility index (Phi) is 2.45. The molecule has 0 aliphatic heterocycles. The molecule has 86 valence electrons. The highest BCUT2D eigenvalue weighted by atomic mass is 79.9. The molecule has 0 fully saturated rings. The first-order valence-electron chi connectivity index (χ1n) is 5.05. The van der Waals surface area contributed by atoms with Crippen molar-refractivity contribution in [1.82, 2.24) is 4.98 Å². The Hall–Kier alpha value is -1.33. The van der Waals surface area contributed by atoms with Crippen molar-refractivity contribution in [1.29, 1.82) is 0 Å². The maximum absolute atomic E-state index is 5.90. The Bertz CT molecular complexity index is 702. The number of rotatable bonds is 1. The molecule has 1 aromatic carbocycles. The number of nitrogens with zero attached hydrogens (tertiary/aromatic N) is 1. The van der Waals surface area contributed by atoms with Gasteiger partial charge in [-0.05, 0) is 36.1 Å². The van der Waals surface area contributed by atoms with Crippen molar-refractivity contribution >= 4 is 44.1 Å². The summed E-state index contributed by atoms with van der Waals surface area (Å²) < 4.78 is 6.64. The molecule has 2 aromatic heterocycles. The van der Waals surface area contributed by atoms with E-state index >= 15 is 0 Å². The van der Waals surface area contributed by atoms with E-state index in [1.54, 1.807) is 11.3 Å². The second-order valence-corrected chi connectivity index (χ2v) is 5.63. The Morgan fingerprint density at radius 3 is 2.94 bits per heavy atom. The van der Waals surface area contributed by atoms with Crippen LogP contribution in [0.4, 0.5) is 5.69 Å². The van der Waals surface area contributed by atoms with Crippen molar-refractivity contribution in [2.24, 2.45) is 0 Å². The second-order valence-electron chi connectivity index (χ2n) is 3.80. The van der Waals surface area contributed by atoms with Gasteiger partial charge in [-0.3, -0.25) is 0 Å². The van der Waals surface area contributed by atoms with Crippen LogP contribution in [0.5, 0.6) is 0 Å². The molecule has 0 aliphatic rings. The number of aromatic nitrogens is 1. The Morgan fingerprint density at radius 1 is 1.41 bits per heavy atom. The van der Waals surface area contributed by atoms with E-state index in [9.17, 15) is 0 Å². The third kappa shape index (κ3) is 1.75. The molecular formula is C12H9BrN2OS. The quantitative estimate of drug-likeness (QED) is 0.685. The van der Waals surface area contributed by atoms with Gasteiger partial charge in [0, 0.05) is 4.47 Å². The van der Waals surface area contributed by atoms with Crippen LogP contribution in [-0.4, -0.2) is 4.98 Å². The molecular weight excluding hydrogens is 300 g/mol. The summed E-state index contributed by atoms with van der Waals surface area (Å²) in [6.07, 6.45) is 0. The number of benzene rings is 1. The van der Waals surface area contributed by atoms with Crippen LogP contribution >= 0.6 is 27.3 Å². The zero-order valence-electron chi connectivity index (χ0n) is 9.03. The SMILES string of the molecule is Cc1ccsc1-c1nc2cc(Br)cc(N)c2o1. The lowest BCUT2D eigenvalue weighted by atomic mass is 10.3. The maximum atomic E-state index is 5.90. The molecule has 0 aliphatic carbocycles. The Labute approximate surface area is 110 Å². The van der Waals surface area contributed by atoms with Gasteiger partial charge in [-0.2, -0.15) is 0 Å². The van der Waals surface area contributed by atoms with E-state index in [0.29, 0.717) is 17.2 Å². The molecule has 2 heterocycles. The largest absolute Gasteiger partial charge is 0.433 e. The van der Waals surface area contributed by atoms with Crippen LogP contribution in [0.2, 0.25) is 0 Å². The van der Waals surface area contributed by atoms with Gasteiger partial charge in [0.05, 0.1) is 10.6 Å². The first-order valence-corrected chi connectivity index (χ1v) is 6.72. The highest BCUT2D eigenvalue weighted by Gasteiger charge is 2.13. The number of nitrogens with two attached hydrogens (primary N) is 1. The zero-order valence-corrected chi connectivity index (χ0v) is 11.4. The van der Waals surface area contributed by atoms with Crippen molar-refractivity contribution in [2.75, 3.05) is 5.73 Å². The number of halogens is 1. The van der Waals surface area contributed by atoms with E-state index in [4.69, 9.17) is 10.2 Å². The number of thiophene rings is 1. The molecule has 0 saturated heterocycles. The molecule has 5 heteroatoms. The summed E-state index contributed by atoms with van der Waals surface area (Å²) in [5.41, 5.74) is 9.09. The van der Waals surface area contributed by atoms with E-state index in [1.165, 1.54) is 5.56 Å². The highest BCUT2D eigenvalue weighted by Crippen LogP contribution is 2.34. The van der Waals surface area contributed by atoms with E-state index in [2.05, 4.69) is 20.9 Å². The van der Waals surface area contributed by atoms with Gasteiger partial charge in [0.2, 0.25) is 5.89 Å². The lowest BCUT2D eigenvalue weighted by molar-refractivity contribution is 0.622. The summed E-state index contributed by atoms with van der Waals surface area (Å²) >= 11 is 5.02. The van der Waals surface area contributed by atoms with Gasteiger partial charge in [-0.15, -0.1) is 11.3 Å². The van der Waals surface area contributed by atoms with Crippen LogP contribution in [0.3, 0.4) is 0 Å². The molecule has 0 saturated carbocycles. The molecule has 0 radical (unpaired) electrons. The molecule has 3 aromatic rings. The van der Waals surface area contributed by atoms with Gasteiger partial charge in [0.15, 0.2) is 5.58 Å². The first-order chi connectivity index (χ1) is 8.15. The van der Waals surface area contributed by atoms with E-state index in [-0.39, 0.29) is 0 Å². The van der Waals surface area contributed by atoms with Gasteiger partial charge in [-0.25, -0.2) is 4.98 Å². The molecule has 3 rings (SSSR count). The van der Waals surface area contributed by atoms with Crippen molar-refractivity contribution in [3.8, 4) is 10.8 Å². The normalized spacial score (nSPS) is 11.2. The minimum atomic E-state index is 0.599. The predicted octanol–water partition coefficient (Wildman–Crippen LogP) is 4.21. The molecule has 0 amide bonds. The fourth-order valence-corrected chi connectivity index (χ4v) is 3.03. The number of hydrogen-bond acceptors (Lipinski definition) is 4. The average Bonchev–Trinajstić information content (AvgIpc) is 2.83. The number of oxazole rings is 1. The van der Waals surface area contributed by atoms with Gasteiger partial charge in [-0.1, -0.05) is 15.9 Å². The van der Waals surface area contributed by atoms with Crippen molar-refractivity contribution in [3.63, 3.8) is 0 Å². The smallest absolute Gasteiger partial charge is 0.237 e. The van der Waals surface area contributed by atoms with Gasteiger partial charge in [0.25, 0.3) is 0 Å². The van der Waals surface area contributed by atoms with Crippen LogP contribution in [0.25, 0.3) is 21.9 Å². The van der Waals surface area contributed by atoms with E-state index in [1.807, 2.05) is 30.5 Å². The predicted molar refractivity (Wildman–Crippen MR) is 74.2 cm³/mol. The molecule has 2 N–H and O–H groups in total. The minimum Gasteiger partial charge on any atom is -0.433 e. The number of anilines is 1. The van der Waals surface area contributed by atoms with E-state index in [0.717, 1.165) is 14.9 Å². The van der Waals surface area contributed by atoms with Crippen LogP contribution in [0.1, 0.15) is 5.56 Å². The molecule has 0 spiro atoms. The topological polar surface area (TPSA) is 52.0 Å². The summed E-state index contributed by atoms with van der Waals surface area (Å²) in [5.74, 6) is 0.636. The van der Waals surface area contributed by atoms with Crippen LogP contribution in [-0.2, 0) is 0 Å². The van der Waals surface area contributed by atoms with Crippen molar-refractivity contribution in [3.05, 3.63) is 33.6 Å². The Morgan fingerprint density at radius 2 is 2.24 bits per heavy atom. The standard InChI is InChI=1S/C12H9BrN2OS/c1-6-2-3-17-11(6)12-15-9-5-7(13)4-8(14)10(9)16-12/h2-5H,14H2,1H3. The average molecular weight is 309 g/mol. The minimum absolute atomic E-state index is 0.599. The summed E-state index contributed by atoms with van der Waals surface area (Å²) in [6, 6.07) is 5.77. The van der Waals surface area contributed by atoms with Crippen molar-refractivity contribution < 1.29 is 4.42 Å². The number of aryl methyl sites for hydroxylation is 1. The molecule has 0 unspecified atom stereocenters. The lowest BCUT2D eigenvalue weighted by Gasteiger charge is -1.94. The van der Waals surface area contributed by atoms with Gasteiger partial charge < -0.3 is 10.2 Å². The zero-order chi connectivity index (χ0) is 12.0. The third-order valence-corrected chi connectivity index (χ3v) is 4.00. The molecule has 0 bridgehead atoms. The summed E-state index contributed by atoms with van der Waals surface area (Å²) in [6.45, 7) is 2.04. The fraction of sp³-hybridized carbons (Fsp3) is 0.0833. The molecule has 0 atom stereocenters.